The minimum atomic E-state index is 0.0281. The molecule has 112 valence electrons. The van der Waals surface area contributed by atoms with Gasteiger partial charge in [-0.2, -0.15) is 0 Å². The molecule has 3 rings (SSSR count). The molecule has 1 aliphatic rings. The SMILES string of the molecule is Cc1cn(C)c([C@H]2CN(Cc3ccnc(C)n3)CCO2)n1. The Balaban J connectivity index is 1.70. The summed E-state index contributed by atoms with van der Waals surface area (Å²) in [5.41, 5.74) is 2.08. The number of ether oxygens (including phenoxy) is 1. The van der Waals surface area contributed by atoms with E-state index >= 15 is 0 Å². The Hall–Kier alpha value is -1.79. The number of aryl methyl sites for hydroxylation is 3. The fourth-order valence-corrected chi connectivity index (χ4v) is 2.76. The van der Waals surface area contributed by atoms with Crippen molar-refractivity contribution in [2.75, 3.05) is 19.7 Å². The predicted octanol–water partition coefficient (Wildman–Crippen LogP) is 1.40. The van der Waals surface area contributed by atoms with Gasteiger partial charge in [0.2, 0.25) is 0 Å². The van der Waals surface area contributed by atoms with Crippen LogP contribution in [-0.4, -0.2) is 44.1 Å². The molecular weight excluding hydrogens is 266 g/mol. The average molecular weight is 287 g/mol. The summed E-state index contributed by atoms with van der Waals surface area (Å²) >= 11 is 0. The number of morpholine rings is 1. The zero-order valence-corrected chi connectivity index (χ0v) is 12.8. The van der Waals surface area contributed by atoms with Gasteiger partial charge in [-0.15, -0.1) is 0 Å². The largest absolute Gasteiger partial charge is 0.368 e. The second-order valence-electron chi connectivity index (χ2n) is 5.54. The zero-order chi connectivity index (χ0) is 14.8. The number of rotatable bonds is 3. The summed E-state index contributed by atoms with van der Waals surface area (Å²) in [4.78, 5) is 15.6. The average Bonchev–Trinajstić information content (AvgIpc) is 2.78. The van der Waals surface area contributed by atoms with Crippen molar-refractivity contribution in [1.29, 1.82) is 0 Å². The van der Waals surface area contributed by atoms with Crippen molar-refractivity contribution >= 4 is 0 Å². The number of aromatic nitrogens is 4. The second-order valence-corrected chi connectivity index (χ2v) is 5.54. The fourth-order valence-electron chi connectivity index (χ4n) is 2.76. The molecule has 0 amide bonds. The number of nitrogens with zero attached hydrogens (tertiary/aromatic N) is 5. The molecule has 21 heavy (non-hydrogen) atoms. The van der Waals surface area contributed by atoms with Crippen molar-refractivity contribution in [3.8, 4) is 0 Å². The molecule has 0 unspecified atom stereocenters. The lowest BCUT2D eigenvalue weighted by atomic mass is 10.2. The van der Waals surface area contributed by atoms with Gasteiger partial charge in [0.05, 0.1) is 18.0 Å². The van der Waals surface area contributed by atoms with Gasteiger partial charge in [0.25, 0.3) is 0 Å². The summed E-state index contributed by atoms with van der Waals surface area (Å²) in [6.45, 7) is 7.24. The molecule has 6 heteroatoms. The predicted molar refractivity (Wildman–Crippen MR) is 78.7 cm³/mol. The van der Waals surface area contributed by atoms with Gasteiger partial charge in [-0.1, -0.05) is 0 Å². The lowest BCUT2D eigenvalue weighted by Crippen LogP contribution is -2.38. The van der Waals surface area contributed by atoms with E-state index in [0.29, 0.717) is 0 Å². The number of imidazole rings is 1. The summed E-state index contributed by atoms with van der Waals surface area (Å²) in [6.07, 6.45) is 3.88. The van der Waals surface area contributed by atoms with Gasteiger partial charge in [0, 0.05) is 39.1 Å². The van der Waals surface area contributed by atoms with E-state index in [4.69, 9.17) is 4.74 Å². The highest BCUT2D eigenvalue weighted by atomic mass is 16.5. The van der Waals surface area contributed by atoms with Crippen LogP contribution in [0, 0.1) is 13.8 Å². The third kappa shape index (κ3) is 3.28. The van der Waals surface area contributed by atoms with Gasteiger partial charge >= 0.3 is 0 Å². The Morgan fingerprint density at radius 1 is 1.33 bits per heavy atom. The van der Waals surface area contributed by atoms with E-state index in [1.165, 1.54) is 0 Å². The summed E-state index contributed by atoms with van der Waals surface area (Å²) in [5.74, 6) is 1.81. The maximum atomic E-state index is 5.89. The van der Waals surface area contributed by atoms with E-state index in [0.717, 1.165) is 49.3 Å². The molecule has 1 fully saturated rings. The van der Waals surface area contributed by atoms with Gasteiger partial charge in [-0.25, -0.2) is 15.0 Å². The Morgan fingerprint density at radius 3 is 2.90 bits per heavy atom. The van der Waals surface area contributed by atoms with Crippen LogP contribution in [0.4, 0.5) is 0 Å². The zero-order valence-electron chi connectivity index (χ0n) is 12.8. The van der Waals surface area contributed by atoms with Gasteiger partial charge < -0.3 is 9.30 Å². The van der Waals surface area contributed by atoms with Crippen LogP contribution in [0.25, 0.3) is 0 Å². The van der Waals surface area contributed by atoms with Crippen molar-refractivity contribution in [3.05, 3.63) is 41.5 Å². The highest BCUT2D eigenvalue weighted by Crippen LogP contribution is 2.22. The summed E-state index contributed by atoms with van der Waals surface area (Å²) in [5, 5.41) is 0. The van der Waals surface area contributed by atoms with Crippen molar-refractivity contribution in [2.45, 2.75) is 26.5 Å². The van der Waals surface area contributed by atoms with Gasteiger partial charge in [-0.3, -0.25) is 4.90 Å². The first-order chi connectivity index (χ1) is 10.1. The van der Waals surface area contributed by atoms with Crippen LogP contribution in [0.15, 0.2) is 18.5 Å². The van der Waals surface area contributed by atoms with Crippen LogP contribution < -0.4 is 0 Å². The standard InChI is InChI=1S/C15H21N5O/c1-11-8-19(3)15(17-11)14-10-20(6-7-21-14)9-13-4-5-16-12(2)18-13/h4-5,8,14H,6-7,9-10H2,1-3H3/t14-/m1/s1. The normalized spacial score (nSPS) is 19.9. The maximum Gasteiger partial charge on any atom is 0.139 e. The summed E-state index contributed by atoms with van der Waals surface area (Å²) in [6, 6.07) is 1.97. The molecular formula is C15H21N5O. The Labute approximate surface area is 124 Å². The van der Waals surface area contributed by atoms with Crippen molar-refractivity contribution in [3.63, 3.8) is 0 Å². The monoisotopic (exact) mass is 287 g/mol. The lowest BCUT2D eigenvalue weighted by Gasteiger charge is -2.32. The molecule has 1 atom stereocenters. The molecule has 0 spiro atoms. The second kappa shape index (κ2) is 5.91. The van der Waals surface area contributed by atoms with Crippen LogP contribution in [0.3, 0.4) is 0 Å². The molecule has 6 nitrogen and oxygen atoms in total. The van der Waals surface area contributed by atoms with Gasteiger partial charge in [0.1, 0.15) is 17.8 Å². The molecule has 0 radical (unpaired) electrons. The molecule has 0 bridgehead atoms. The molecule has 3 heterocycles. The molecule has 1 aliphatic heterocycles. The first kappa shape index (κ1) is 14.2. The quantitative estimate of drug-likeness (QED) is 0.854. The molecule has 0 aliphatic carbocycles. The topological polar surface area (TPSA) is 56.1 Å². The highest BCUT2D eigenvalue weighted by molar-refractivity contribution is 5.06. The van der Waals surface area contributed by atoms with Crippen molar-refractivity contribution in [1.82, 2.24) is 24.4 Å². The smallest absolute Gasteiger partial charge is 0.139 e. The van der Waals surface area contributed by atoms with E-state index in [-0.39, 0.29) is 6.10 Å². The van der Waals surface area contributed by atoms with E-state index in [1.807, 2.05) is 39.4 Å². The fraction of sp³-hybridized carbons (Fsp3) is 0.533. The van der Waals surface area contributed by atoms with Crippen LogP contribution in [-0.2, 0) is 18.3 Å². The van der Waals surface area contributed by atoms with Crippen molar-refractivity contribution in [2.24, 2.45) is 7.05 Å². The van der Waals surface area contributed by atoms with Crippen LogP contribution in [0.2, 0.25) is 0 Å². The van der Waals surface area contributed by atoms with Crippen LogP contribution in [0.5, 0.6) is 0 Å². The third-order valence-corrected chi connectivity index (χ3v) is 3.69. The molecule has 2 aromatic heterocycles. The lowest BCUT2D eigenvalue weighted by molar-refractivity contribution is -0.0387. The van der Waals surface area contributed by atoms with Gasteiger partial charge in [-0.05, 0) is 19.9 Å². The number of hydrogen-bond donors (Lipinski definition) is 0. The van der Waals surface area contributed by atoms with Gasteiger partial charge in [0.15, 0.2) is 0 Å². The highest BCUT2D eigenvalue weighted by Gasteiger charge is 2.25. The van der Waals surface area contributed by atoms with E-state index in [9.17, 15) is 0 Å². The van der Waals surface area contributed by atoms with Crippen LogP contribution in [0.1, 0.15) is 29.1 Å². The molecule has 0 N–H and O–H groups in total. The minimum Gasteiger partial charge on any atom is -0.368 e. The first-order valence-electron chi connectivity index (χ1n) is 7.24. The molecule has 2 aromatic rings. The Kier molecular flexibility index (Phi) is 3.98. The van der Waals surface area contributed by atoms with Crippen LogP contribution >= 0.6 is 0 Å². The minimum absolute atomic E-state index is 0.0281. The number of hydrogen-bond acceptors (Lipinski definition) is 5. The molecule has 0 aromatic carbocycles. The van der Waals surface area contributed by atoms with E-state index in [1.54, 1.807) is 0 Å². The first-order valence-corrected chi connectivity index (χ1v) is 7.24. The summed E-state index contributed by atoms with van der Waals surface area (Å²) in [7, 11) is 2.02. The summed E-state index contributed by atoms with van der Waals surface area (Å²) < 4.78 is 7.95. The Morgan fingerprint density at radius 2 is 2.19 bits per heavy atom. The van der Waals surface area contributed by atoms with E-state index < -0.39 is 0 Å². The third-order valence-electron chi connectivity index (χ3n) is 3.69. The molecule has 0 saturated carbocycles. The van der Waals surface area contributed by atoms with Crippen molar-refractivity contribution < 1.29 is 4.74 Å². The maximum absolute atomic E-state index is 5.89. The van der Waals surface area contributed by atoms with E-state index in [2.05, 4.69) is 24.4 Å². The molecule has 1 saturated heterocycles. The Bertz CT molecular complexity index is 624.